The van der Waals surface area contributed by atoms with Gasteiger partial charge in [0.25, 0.3) is 0 Å². The van der Waals surface area contributed by atoms with E-state index in [-0.39, 0.29) is 30.1 Å². The number of hydrogen-bond acceptors (Lipinski definition) is 5. The number of morpholine rings is 1. The maximum atomic E-state index is 5.95. The molecule has 1 saturated heterocycles. The van der Waals surface area contributed by atoms with Gasteiger partial charge in [0.2, 0.25) is 0 Å². The van der Waals surface area contributed by atoms with Gasteiger partial charge in [0.1, 0.15) is 6.10 Å². The summed E-state index contributed by atoms with van der Waals surface area (Å²) in [5.41, 5.74) is 0. The Hall–Kier alpha value is -1.26. The topological polar surface area (TPSA) is 67.4 Å². The van der Waals surface area contributed by atoms with E-state index in [1.165, 1.54) is 0 Å². The van der Waals surface area contributed by atoms with E-state index in [9.17, 15) is 0 Å². The summed E-state index contributed by atoms with van der Waals surface area (Å²) in [6.07, 6.45) is -0.0546. The maximum Gasteiger partial charge on any atom is 0.191 e. The molecular weight excluding hydrogens is 459 g/mol. The summed E-state index contributed by atoms with van der Waals surface area (Å²) in [6.45, 7) is 10.9. The monoisotopic (exact) mass is 492 g/mol. The second kappa shape index (κ2) is 13.8. The van der Waals surface area contributed by atoms with E-state index in [0.29, 0.717) is 6.54 Å². The molecule has 0 bridgehead atoms. The lowest BCUT2D eigenvalue weighted by Gasteiger charge is -2.26. The zero-order valence-electron chi connectivity index (χ0n) is 16.6. The van der Waals surface area contributed by atoms with E-state index in [2.05, 4.69) is 27.4 Å². The number of methoxy groups -OCH3 is 1. The van der Waals surface area contributed by atoms with Gasteiger partial charge in [0.05, 0.1) is 26.9 Å². The number of rotatable bonds is 9. The Balaban J connectivity index is 0.00000364. The highest BCUT2D eigenvalue weighted by Gasteiger charge is 2.11. The van der Waals surface area contributed by atoms with E-state index >= 15 is 0 Å². The van der Waals surface area contributed by atoms with Gasteiger partial charge in [-0.2, -0.15) is 0 Å². The van der Waals surface area contributed by atoms with Crippen LogP contribution in [0.4, 0.5) is 0 Å². The molecule has 1 atom stereocenters. The number of halogens is 1. The number of nitrogens with zero attached hydrogens (tertiary/aromatic N) is 2. The third kappa shape index (κ3) is 8.98. The summed E-state index contributed by atoms with van der Waals surface area (Å²) in [6, 6.07) is 7.66. The summed E-state index contributed by atoms with van der Waals surface area (Å²) in [5.74, 6) is 2.29. The zero-order chi connectivity index (χ0) is 18.6. The highest BCUT2D eigenvalue weighted by Crippen LogP contribution is 2.26. The molecule has 0 radical (unpaired) electrons. The van der Waals surface area contributed by atoms with E-state index in [1.54, 1.807) is 7.11 Å². The van der Waals surface area contributed by atoms with E-state index in [1.807, 2.05) is 31.2 Å². The van der Waals surface area contributed by atoms with Gasteiger partial charge in [0, 0.05) is 32.7 Å². The summed E-state index contributed by atoms with van der Waals surface area (Å²) in [5, 5.41) is 6.66. The van der Waals surface area contributed by atoms with Crippen molar-refractivity contribution in [3.05, 3.63) is 24.3 Å². The molecule has 1 unspecified atom stereocenters. The Kier molecular flexibility index (Phi) is 12.2. The van der Waals surface area contributed by atoms with Crippen LogP contribution >= 0.6 is 24.0 Å². The third-order valence-corrected chi connectivity index (χ3v) is 4.07. The van der Waals surface area contributed by atoms with Crippen molar-refractivity contribution in [2.45, 2.75) is 20.0 Å². The number of benzene rings is 1. The molecule has 1 aliphatic heterocycles. The predicted octanol–water partition coefficient (Wildman–Crippen LogP) is 1.97. The molecule has 1 aliphatic rings. The summed E-state index contributed by atoms with van der Waals surface area (Å²) >= 11 is 0. The summed E-state index contributed by atoms with van der Waals surface area (Å²) < 4.78 is 16.7. The fourth-order valence-electron chi connectivity index (χ4n) is 2.69. The first kappa shape index (κ1) is 23.8. The molecule has 8 heteroatoms. The number of aliphatic imine (C=N–C) groups is 1. The molecule has 0 amide bonds. The molecule has 0 saturated carbocycles. The second-order valence-electron chi connectivity index (χ2n) is 6.18. The molecule has 1 aromatic carbocycles. The minimum atomic E-state index is -0.0546. The largest absolute Gasteiger partial charge is 0.493 e. The molecule has 2 N–H and O–H groups in total. The molecule has 27 heavy (non-hydrogen) atoms. The van der Waals surface area contributed by atoms with Crippen LogP contribution in [-0.2, 0) is 4.74 Å². The second-order valence-corrected chi connectivity index (χ2v) is 6.18. The van der Waals surface area contributed by atoms with Crippen LogP contribution in [0.2, 0.25) is 0 Å². The average molecular weight is 492 g/mol. The van der Waals surface area contributed by atoms with Gasteiger partial charge in [-0.15, -0.1) is 24.0 Å². The standard InChI is InChI=1S/C19H32N4O3.HI/c1-4-20-19(21-9-10-23-11-13-25-14-12-23)22-15-16(2)26-18-8-6-5-7-17(18)24-3;/h5-8,16H,4,9-15H2,1-3H3,(H2,20,21,22);1H. The first-order chi connectivity index (χ1) is 12.7. The van der Waals surface area contributed by atoms with Gasteiger partial charge < -0.3 is 24.8 Å². The lowest BCUT2D eigenvalue weighted by Crippen LogP contribution is -2.44. The molecule has 1 fully saturated rings. The van der Waals surface area contributed by atoms with Gasteiger partial charge in [-0.3, -0.25) is 4.90 Å². The Labute approximate surface area is 179 Å². The Morgan fingerprint density at radius 2 is 1.93 bits per heavy atom. The highest BCUT2D eigenvalue weighted by molar-refractivity contribution is 14.0. The van der Waals surface area contributed by atoms with Gasteiger partial charge in [-0.05, 0) is 26.0 Å². The van der Waals surface area contributed by atoms with E-state index in [4.69, 9.17) is 14.2 Å². The van der Waals surface area contributed by atoms with Crippen molar-refractivity contribution in [2.75, 3.05) is 59.6 Å². The molecule has 0 spiro atoms. The molecule has 1 heterocycles. The van der Waals surface area contributed by atoms with E-state index < -0.39 is 0 Å². The normalized spacial score (nSPS) is 16.2. The molecule has 1 aromatic rings. The Morgan fingerprint density at radius 3 is 2.59 bits per heavy atom. The number of ether oxygens (including phenoxy) is 3. The molecule has 7 nitrogen and oxygen atoms in total. The number of para-hydroxylation sites is 2. The van der Waals surface area contributed by atoms with Crippen LogP contribution in [0, 0.1) is 0 Å². The van der Waals surface area contributed by atoms with Crippen molar-refractivity contribution >= 4 is 29.9 Å². The van der Waals surface area contributed by atoms with Crippen LogP contribution < -0.4 is 20.1 Å². The van der Waals surface area contributed by atoms with Crippen LogP contribution in [0.1, 0.15) is 13.8 Å². The predicted molar refractivity (Wildman–Crippen MR) is 120 cm³/mol. The summed E-state index contributed by atoms with van der Waals surface area (Å²) in [4.78, 5) is 7.03. The van der Waals surface area contributed by atoms with Crippen molar-refractivity contribution in [3.63, 3.8) is 0 Å². The fourth-order valence-corrected chi connectivity index (χ4v) is 2.69. The lowest BCUT2D eigenvalue weighted by molar-refractivity contribution is 0.0389. The molecule has 0 aromatic heterocycles. The minimum Gasteiger partial charge on any atom is -0.493 e. The van der Waals surface area contributed by atoms with E-state index in [0.717, 1.165) is 63.4 Å². The van der Waals surface area contributed by atoms with Crippen molar-refractivity contribution in [2.24, 2.45) is 4.99 Å². The van der Waals surface area contributed by atoms with Crippen LogP contribution in [0.5, 0.6) is 11.5 Å². The van der Waals surface area contributed by atoms with Gasteiger partial charge >= 0.3 is 0 Å². The molecule has 154 valence electrons. The van der Waals surface area contributed by atoms with Gasteiger partial charge in [-0.1, -0.05) is 12.1 Å². The van der Waals surface area contributed by atoms with Crippen molar-refractivity contribution < 1.29 is 14.2 Å². The van der Waals surface area contributed by atoms with Crippen molar-refractivity contribution in [1.29, 1.82) is 0 Å². The first-order valence-corrected chi connectivity index (χ1v) is 9.35. The fraction of sp³-hybridized carbons (Fsp3) is 0.632. The van der Waals surface area contributed by atoms with Crippen LogP contribution in [0.15, 0.2) is 29.3 Å². The smallest absolute Gasteiger partial charge is 0.191 e. The van der Waals surface area contributed by atoms with Crippen LogP contribution in [0.3, 0.4) is 0 Å². The molecule has 2 rings (SSSR count). The lowest BCUT2D eigenvalue weighted by atomic mass is 10.3. The first-order valence-electron chi connectivity index (χ1n) is 9.35. The average Bonchev–Trinajstić information content (AvgIpc) is 2.67. The quantitative estimate of drug-likeness (QED) is 0.312. The van der Waals surface area contributed by atoms with Gasteiger partial charge in [-0.25, -0.2) is 4.99 Å². The number of nitrogens with one attached hydrogen (secondary N) is 2. The maximum absolute atomic E-state index is 5.95. The van der Waals surface area contributed by atoms with Crippen molar-refractivity contribution in [1.82, 2.24) is 15.5 Å². The highest BCUT2D eigenvalue weighted by atomic mass is 127. The Bertz CT molecular complexity index is 554. The van der Waals surface area contributed by atoms with Crippen molar-refractivity contribution in [3.8, 4) is 11.5 Å². The number of guanidine groups is 1. The zero-order valence-corrected chi connectivity index (χ0v) is 18.9. The molecular formula is C19H33IN4O3. The summed E-state index contributed by atoms with van der Waals surface area (Å²) in [7, 11) is 1.65. The van der Waals surface area contributed by atoms with Crippen LogP contribution in [-0.4, -0.2) is 76.6 Å². The molecule has 0 aliphatic carbocycles. The number of hydrogen-bond donors (Lipinski definition) is 2. The third-order valence-electron chi connectivity index (χ3n) is 4.07. The minimum absolute atomic E-state index is 0. The van der Waals surface area contributed by atoms with Crippen LogP contribution in [0.25, 0.3) is 0 Å². The SMILES string of the molecule is CCNC(=NCC(C)Oc1ccccc1OC)NCCN1CCOCC1.I. The van der Waals surface area contributed by atoms with Gasteiger partial charge in [0.15, 0.2) is 17.5 Å². The Morgan fingerprint density at radius 1 is 1.22 bits per heavy atom.